The van der Waals surface area contributed by atoms with Crippen LogP contribution in [-0.2, 0) is 10.0 Å². The number of benzene rings is 2. The van der Waals surface area contributed by atoms with Gasteiger partial charge in [-0.05, 0) is 56.2 Å². The molecule has 2 aliphatic rings. The third kappa shape index (κ3) is 7.27. The van der Waals surface area contributed by atoms with Gasteiger partial charge < -0.3 is 29.7 Å². The normalized spacial score (nSPS) is 20.4. The smallest absolute Gasteiger partial charge is 0.317 e. The van der Waals surface area contributed by atoms with E-state index in [-0.39, 0.29) is 65.5 Å². The van der Waals surface area contributed by atoms with Crippen molar-refractivity contribution in [2.45, 2.75) is 69.0 Å². The number of nitrogens with zero attached hydrogens (tertiary/aromatic N) is 2. The van der Waals surface area contributed by atoms with Crippen LogP contribution in [-0.4, -0.2) is 87.3 Å². The topological polar surface area (TPSA) is 138 Å². The van der Waals surface area contributed by atoms with Crippen LogP contribution in [0.15, 0.2) is 47.4 Å². The summed E-state index contributed by atoms with van der Waals surface area (Å²) < 4.78 is 40.9. The van der Waals surface area contributed by atoms with E-state index in [2.05, 4.69) is 10.0 Å². The second-order valence-electron chi connectivity index (χ2n) is 11.3. The number of fused-ring (bicyclic) bond motifs is 1. The summed E-state index contributed by atoms with van der Waals surface area (Å²) in [5.74, 6) is -0.0512. The molecule has 2 aromatic rings. The molecule has 1 heterocycles. The molecule has 42 heavy (non-hydrogen) atoms. The Hall–Kier alpha value is -3.51. The summed E-state index contributed by atoms with van der Waals surface area (Å²) in [6.45, 7) is 3.91. The van der Waals surface area contributed by atoms with E-state index in [9.17, 15) is 23.1 Å². The Morgan fingerprint density at radius 2 is 1.86 bits per heavy atom. The van der Waals surface area contributed by atoms with Gasteiger partial charge in [-0.1, -0.05) is 32.3 Å². The van der Waals surface area contributed by atoms with E-state index in [1.807, 2.05) is 6.92 Å². The zero-order chi connectivity index (χ0) is 30.4. The summed E-state index contributed by atoms with van der Waals surface area (Å²) in [5.41, 5.74) is 0.262. The lowest BCUT2D eigenvalue weighted by Crippen LogP contribution is -2.52. The molecular formula is C30H42N4O7S. The van der Waals surface area contributed by atoms with E-state index in [0.717, 1.165) is 25.7 Å². The molecule has 0 saturated heterocycles. The highest BCUT2D eigenvalue weighted by molar-refractivity contribution is 7.92. The molecule has 1 aliphatic carbocycles. The SMILES string of the molecule is COc1ccc(S(=O)(=O)Nc2cccc3c2O[C@H](CN(C)C(=O)NC2CCCCC2)[C@@H](C)CN([C@@H](C)CO)C3=O)cc1. The highest BCUT2D eigenvalue weighted by atomic mass is 32.2. The summed E-state index contributed by atoms with van der Waals surface area (Å²) in [6, 6.07) is 10.1. The van der Waals surface area contributed by atoms with Crippen LogP contribution in [0.2, 0.25) is 0 Å². The lowest BCUT2D eigenvalue weighted by atomic mass is 9.96. The second-order valence-corrected chi connectivity index (χ2v) is 12.9. The van der Waals surface area contributed by atoms with Gasteiger partial charge in [-0.3, -0.25) is 9.52 Å². The van der Waals surface area contributed by atoms with Gasteiger partial charge in [0.05, 0.1) is 42.4 Å². The molecule has 3 N–H and O–H groups in total. The van der Waals surface area contributed by atoms with E-state index < -0.39 is 22.2 Å². The zero-order valence-corrected chi connectivity index (χ0v) is 25.5. The third-order valence-electron chi connectivity index (χ3n) is 8.04. The number of sulfonamides is 1. The lowest BCUT2D eigenvalue weighted by molar-refractivity contribution is 0.0368. The van der Waals surface area contributed by atoms with E-state index in [1.54, 1.807) is 48.0 Å². The van der Waals surface area contributed by atoms with Gasteiger partial charge in [-0.2, -0.15) is 0 Å². The molecule has 0 radical (unpaired) electrons. The van der Waals surface area contributed by atoms with Crippen molar-refractivity contribution in [2.75, 3.05) is 38.6 Å². The minimum atomic E-state index is -4.05. The van der Waals surface area contributed by atoms with Crippen LogP contribution in [0.3, 0.4) is 0 Å². The van der Waals surface area contributed by atoms with Gasteiger partial charge in [-0.15, -0.1) is 0 Å². The first-order chi connectivity index (χ1) is 20.0. The molecule has 0 bridgehead atoms. The Balaban J connectivity index is 1.66. The number of carbonyl (C=O) groups excluding carboxylic acids is 2. The van der Waals surface area contributed by atoms with Crippen LogP contribution in [0.5, 0.6) is 11.5 Å². The summed E-state index contributed by atoms with van der Waals surface area (Å²) in [4.78, 5) is 30.0. The zero-order valence-electron chi connectivity index (χ0n) is 24.7. The Bertz CT molecular complexity index is 1350. The quantitative estimate of drug-likeness (QED) is 0.398. The number of hydrogen-bond acceptors (Lipinski definition) is 7. The number of rotatable bonds is 9. The fraction of sp³-hybridized carbons (Fsp3) is 0.533. The van der Waals surface area contributed by atoms with Crippen LogP contribution in [0.1, 0.15) is 56.3 Å². The van der Waals surface area contributed by atoms with Crippen molar-refractivity contribution in [3.05, 3.63) is 48.0 Å². The van der Waals surface area contributed by atoms with Crippen molar-refractivity contribution in [2.24, 2.45) is 5.92 Å². The minimum Gasteiger partial charge on any atom is -0.497 e. The van der Waals surface area contributed by atoms with Gasteiger partial charge in [0.15, 0.2) is 5.75 Å². The maximum Gasteiger partial charge on any atom is 0.317 e. The molecule has 12 heteroatoms. The first-order valence-corrected chi connectivity index (χ1v) is 15.9. The number of carbonyl (C=O) groups is 2. The Morgan fingerprint density at radius 3 is 2.50 bits per heavy atom. The molecule has 0 unspecified atom stereocenters. The fourth-order valence-electron chi connectivity index (χ4n) is 5.38. The summed E-state index contributed by atoms with van der Waals surface area (Å²) in [5, 5.41) is 13.0. The van der Waals surface area contributed by atoms with Crippen molar-refractivity contribution < 1.29 is 32.6 Å². The minimum absolute atomic E-state index is 0.0117. The van der Waals surface area contributed by atoms with Crippen molar-refractivity contribution in [1.82, 2.24) is 15.1 Å². The summed E-state index contributed by atoms with van der Waals surface area (Å²) in [7, 11) is -0.860. The van der Waals surface area contributed by atoms with Gasteiger partial charge in [0.25, 0.3) is 15.9 Å². The first kappa shape index (κ1) is 31.4. The predicted molar refractivity (Wildman–Crippen MR) is 159 cm³/mol. The number of ether oxygens (including phenoxy) is 2. The first-order valence-electron chi connectivity index (χ1n) is 14.4. The standard InChI is InChI=1S/C30H42N4O7S/c1-20-17-34(21(2)19-35)29(36)25-11-8-12-26(32-42(38,39)24-15-13-23(40-4)14-16-24)28(25)41-27(20)18-33(3)30(37)31-22-9-6-5-7-10-22/h8,11-16,20-22,27,32,35H,5-7,9-10,17-19H2,1-4H3,(H,31,37)/t20-,21-,27+/m0/s1. The average molecular weight is 603 g/mol. The van der Waals surface area contributed by atoms with Crippen LogP contribution >= 0.6 is 0 Å². The van der Waals surface area contributed by atoms with E-state index in [4.69, 9.17) is 9.47 Å². The maximum atomic E-state index is 13.7. The molecule has 1 saturated carbocycles. The van der Waals surface area contributed by atoms with Crippen LogP contribution in [0.25, 0.3) is 0 Å². The second kappa shape index (κ2) is 13.6. The number of hydrogen-bond donors (Lipinski definition) is 3. The molecule has 0 aromatic heterocycles. The molecule has 1 fully saturated rings. The molecule has 11 nitrogen and oxygen atoms in total. The van der Waals surface area contributed by atoms with Crippen LogP contribution in [0, 0.1) is 5.92 Å². The van der Waals surface area contributed by atoms with Crippen molar-refractivity contribution >= 4 is 27.6 Å². The molecular weight excluding hydrogens is 560 g/mol. The summed E-state index contributed by atoms with van der Waals surface area (Å²) in [6.07, 6.45) is 4.70. The Morgan fingerprint density at radius 1 is 1.17 bits per heavy atom. The predicted octanol–water partition coefficient (Wildman–Crippen LogP) is 3.69. The van der Waals surface area contributed by atoms with Crippen LogP contribution < -0.4 is 19.5 Å². The number of aliphatic hydroxyl groups excluding tert-OH is 1. The highest BCUT2D eigenvalue weighted by Gasteiger charge is 2.35. The van der Waals surface area contributed by atoms with Crippen LogP contribution in [0.4, 0.5) is 10.5 Å². The van der Waals surface area contributed by atoms with E-state index in [1.165, 1.54) is 31.7 Å². The number of para-hydroxylation sites is 1. The monoisotopic (exact) mass is 602 g/mol. The fourth-order valence-corrected chi connectivity index (χ4v) is 6.45. The number of amides is 3. The lowest BCUT2D eigenvalue weighted by Gasteiger charge is -2.38. The molecule has 3 atom stereocenters. The number of methoxy groups -OCH3 is 1. The average Bonchev–Trinajstić information content (AvgIpc) is 2.99. The van der Waals surface area contributed by atoms with Crippen molar-refractivity contribution in [1.29, 1.82) is 0 Å². The van der Waals surface area contributed by atoms with Gasteiger partial charge in [0, 0.05) is 25.6 Å². The number of aliphatic hydroxyl groups is 1. The van der Waals surface area contributed by atoms with E-state index >= 15 is 0 Å². The third-order valence-corrected chi connectivity index (χ3v) is 9.42. The molecule has 1 aliphatic heterocycles. The molecule has 0 spiro atoms. The number of likely N-dealkylation sites (N-methyl/N-ethyl adjacent to an activating group) is 1. The number of anilines is 1. The number of nitrogens with one attached hydrogen (secondary N) is 2. The van der Waals surface area contributed by atoms with Gasteiger partial charge in [-0.25, -0.2) is 13.2 Å². The maximum absolute atomic E-state index is 13.7. The van der Waals surface area contributed by atoms with Crippen molar-refractivity contribution in [3.8, 4) is 11.5 Å². The summed E-state index contributed by atoms with van der Waals surface area (Å²) >= 11 is 0. The molecule has 4 rings (SSSR count). The molecule has 230 valence electrons. The molecule has 3 amide bonds. The molecule has 2 aromatic carbocycles. The van der Waals surface area contributed by atoms with Gasteiger partial charge >= 0.3 is 6.03 Å². The Labute approximate surface area is 248 Å². The van der Waals surface area contributed by atoms with Gasteiger partial charge in [0.2, 0.25) is 0 Å². The highest BCUT2D eigenvalue weighted by Crippen LogP contribution is 2.36. The Kier molecular flexibility index (Phi) is 10.2. The van der Waals surface area contributed by atoms with Crippen molar-refractivity contribution in [3.63, 3.8) is 0 Å². The van der Waals surface area contributed by atoms with Gasteiger partial charge in [0.1, 0.15) is 11.9 Å². The van der Waals surface area contributed by atoms with E-state index in [0.29, 0.717) is 5.75 Å². The largest absolute Gasteiger partial charge is 0.497 e. The number of urea groups is 1.